The van der Waals surface area contributed by atoms with Crippen LogP contribution in [0.15, 0.2) is 30.5 Å². The molecule has 0 aromatic heterocycles. The first kappa shape index (κ1) is 21.2. The zero-order valence-corrected chi connectivity index (χ0v) is 19.2. The van der Waals surface area contributed by atoms with Gasteiger partial charge in [0.25, 0.3) is 5.91 Å². The van der Waals surface area contributed by atoms with Crippen LogP contribution in [-0.2, 0) is 16.1 Å². The van der Waals surface area contributed by atoms with Crippen LogP contribution in [0.3, 0.4) is 0 Å². The summed E-state index contributed by atoms with van der Waals surface area (Å²) in [4.78, 5) is 29.8. The summed E-state index contributed by atoms with van der Waals surface area (Å²) in [5.74, 6) is 0.641. The van der Waals surface area contributed by atoms with E-state index in [9.17, 15) is 9.59 Å². The standard InChI is InChI=1S/C26H33N3O4/c1-17-5-8-22(24(30)27-17)29-14-18-13-19(6-7-20(18)25(29)31)33-23-4-2-3-21(23)28-11-9-26(10-12-28)15-32-16-26/h6-7,13,21-23H,1-5,8-12,14-16H2,(H,27,30). The highest BCUT2D eigenvalue weighted by Crippen LogP contribution is 2.41. The van der Waals surface area contributed by atoms with Crippen LogP contribution >= 0.6 is 0 Å². The predicted octanol–water partition coefficient (Wildman–Crippen LogP) is 2.85. The van der Waals surface area contributed by atoms with Crippen LogP contribution in [0.25, 0.3) is 0 Å². The van der Waals surface area contributed by atoms with E-state index in [-0.39, 0.29) is 17.9 Å². The van der Waals surface area contributed by atoms with Gasteiger partial charge in [-0.1, -0.05) is 6.58 Å². The van der Waals surface area contributed by atoms with Crippen molar-refractivity contribution in [3.8, 4) is 5.75 Å². The highest BCUT2D eigenvalue weighted by atomic mass is 16.5. The van der Waals surface area contributed by atoms with Gasteiger partial charge in [0.05, 0.1) is 13.2 Å². The zero-order valence-electron chi connectivity index (χ0n) is 19.2. The van der Waals surface area contributed by atoms with E-state index in [1.54, 1.807) is 4.90 Å². The Morgan fingerprint density at radius 3 is 2.67 bits per heavy atom. The fourth-order valence-electron chi connectivity index (χ4n) is 6.35. The monoisotopic (exact) mass is 451 g/mol. The zero-order chi connectivity index (χ0) is 22.6. The molecule has 5 aliphatic rings. The number of fused-ring (bicyclic) bond motifs is 1. The topological polar surface area (TPSA) is 71.1 Å². The van der Waals surface area contributed by atoms with Crippen LogP contribution < -0.4 is 10.1 Å². The van der Waals surface area contributed by atoms with Crippen LogP contribution in [0, 0.1) is 5.41 Å². The Morgan fingerprint density at radius 2 is 1.94 bits per heavy atom. The lowest BCUT2D eigenvalue weighted by molar-refractivity contribution is -0.144. The third-order valence-electron chi connectivity index (χ3n) is 8.46. The molecule has 1 N–H and O–H groups in total. The largest absolute Gasteiger partial charge is 0.489 e. The maximum atomic E-state index is 13.0. The maximum absolute atomic E-state index is 13.0. The molecule has 6 rings (SSSR count). The summed E-state index contributed by atoms with van der Waals surface area (Å²) in [6.45, 7) is 8.45. The lowest BCUT2D eigenvalue weighted by Gasteiger charge is -2.49. The molecule has 1 aliphatic carbocycles. The second kappa shape index (κ2) is 8.13. The van der Waals surface area contributed by atoms with Crippen LogP contribution in [0.2, 0.25) is 0 Å². The molecule has 4 heterocycles. The number of likely N-dealkylation sites (tertiary alicyclic amines) is 1. The van der Waals surface area contributed by atoms with Crippen LogP contribution in [0.1, 0.15) is 60.9 Å². The molecule has 1 aromatic carbocycles. The number of hydrogen-bond donors (Lipinski definition) is 1. The summed E-state index contributed by atoms with van der Waals surface area (Å²) >= 11 is 0. The van der Waals surface area contributed by atoms with Crippen molar-refractivity contribution < 1.29 is 19.1 Å². The summed E-state index contributed by atoms with van der Waals surface area (Å²) in [7, 11) is 0. The van der Waals surface area contributed by atoms with Crippen LogP contribution in [0.5, 0.6) is 5.75 Å². The first-order chi connectivity index (χ1) is 16.0. The van der Waals surface area contributed by atoms with Gasteiger partial charge in [-0.2, -0.15) is 0 Å². The molecule has 1 aromatic rings. The molecule has 176 valence electrons. The Kier molecular flexibility index (Phi) is 5.22. The average Bonchev–Trinajstić information content (AvgIpc) is 3.37. The number of piperidine rings is 2. The summed E-state index contributed by atoms with van der Waals surface area (Å²) < 4.78 is 12.0. The maximum Gasteiger partial charge on any atom is 0.255 e. The molecular formula is C26H33N3O4. The van der Waals surface area contributed by atoms with Crippen molar-refractivity contribution in [3.05, 3.63) is 41.6 Å². The van der Waals surface area contributed by atoms with Gasteiger partial charge in [-0.05, 0) is 81.8 Å². The van der Waals surface area contributed by atoms with Gasteiger partial charge in [-0.15, -0.1) is 0 Å². The van der Waals surface area contributed by atoms with Gasteiger partial charge in [-0.3, -0.25) is 14.5 Å². The molecule has 0 bridgehead atoms. The Labute approximate surface area is 195 Å². The summed E-state index contributed by atoms with van der Waals surface area (Å²) in [5, 5.41) is 2.80. The minimum absolute atomic E-state index is 0.0647. The molecular weight excluding hydrogens is 418 g/mol. The van der Waals surface area contributed by atoms with E-state index < -0.39 is 6.04 Å². The molecule has 4 fully saturated rings. The van der Waals surface area contributed by atoms with E-state index in [1.165, 1.54) is 25.7 Å². The van der Waals surface area contributed by atoms with E-state index in [2.05, 4.69) is 16.8 Å². The van der Waals surface area contributed by atoms with E-state index in [0.29, 0.717) is 36.4 Å². The number of carbonyl (C=O) groups is 2. The molecule has 4 aliphatic heterocycles. The minimum Gasteiger partial charge on any atom is -0.489 e. The Balaban J connectivity index is 1.12. The first-order valence-electron chi connectivity index (χ1n) is 12.4. The fourth-order valence-corrected chi connectivity index (χ4v) is 6.35. The van der Waals surface area contributed by atoms with Crippen molar-refractivity contribution >= 4 is 11.8 Å². The van der Waals surface area contributed by atoms with Crippen molar-refractivity contribution in [2.24, 2.45) is 5.41 Å². The summed E-state index contributed by atoms with van der Waals surface area (Å²) in [6.07, 6.45) is 7.44. The molecule has 0 radical (unpaired) electrons. The SMILES string of the molecule is C=C1CCC(N2Cc3cc(OC4CCCC4N4CCC5(CC4)COC5)ccc3C2=O)C(=O)N1. The highest BCUT2D eigenvalue weighted by Gasteiger charge is 2.44. The molecule has 1 saturated carbocycles. The Bertz CT molecular complexity index is 978. The van der Waals surface area contributed by atoms with Crippen molar-refractivity contribution in [1.29, 1.82) is 0 Å². The lowest BCUT2D eigenvalue weighted by Crippen LogP contribution is -2.54. The number of benzene rings is 1. The quantitative estimate of drug-likeness (QED) is 0.762. The molecule has 7 heteroatoms. The number of allylic oxidation sites excluding steroid dienone is 1. The van der Waals surface area contributed by atoms with Crippen molar-refractivity contribution in [2.45, 2.75) is 69.7 Å². The number of amides is 2. The summed E-state index contributed by atoms with van der Waals surface area (Å²) in [6, 6.07) is 5.85. The normalized spacial score (nSPS) is 31.5. The number of nitrogens with zero attached hydrogens (tertiary/aromatic N) is 2. The van der Waals surface area contributed by atoms with Gasteiger partial charge in [0.15, 0.2) is 0 Å². The van der Waals surface area contributed by atoms with Crippen molar-refractivity contribution in [2.75, 3.05) is 26.3 Å². The van der Waals surface area contributed by atoms with Crippen molar-refractivity contribution in [3.63, 3.8) is 0 Å². The van der Waals surface area contributed by atoms with Gasteiger partial charge >= 0.3 is 0 Å². The summed E-state index contributed by atoms with van der Waals surface area (Å²) in [5.41, 5.74) is 2.82. The average molecular weight is 452 g/mol. The van der Waals surface area contributed by atoms with E-state index >= 15 is 0 Å². The number of rotatable bonds is 4. The molecule has 3 atom stereocenters. The van der Waals surface area contributed by atoms with Gasteiger partial charge in [-0.25, -0.2) is 0 Å². The number of nitrogens with one attached hydrogen (secondary N) is 1. The molecule has 3 saturated heterocycles. The van der Waals surface area contributed by atoms with Crippen LogP contribution in [0.4, 0.5) is 0 Å². The van der Waals surface area contributed by atoms with E-state index in [1.807, 2.05) is 18.2 Å². The van der Waals surface area contributed by atoms with E-state index in [0.717, 1.165) is 49.7 Å². The molecule has 3 unspecified atom stereocenters. The first-order valence-corrected chi connectivity index (χ1v) is 12.4. The Hall–Kier alpha value is -2.38. The molecule has 7 nitrogen and oxygen atoms in total. The minimum atomic E-state index is -0.428. The Morgan fingerprint density at radius 1 is 1.12 bits per heavy atom. The molecule has 1 spiro atoms. The smallest absolute Gasteiger partial charge is 0.255 e. The fraction of sp³-hybridized carbons (Fsp3) is 0.615. The van der Waals surface area contributed by atoms with Gasteiger partial charge < -0.3 is 19.7 Å². The second-order valence-electron chi connectivity index (χ2n) is 10.6. The van der Waals surface area contributed by atoms with Crippen molar-refractivity contribution in [1.82, 2.24) is 15.1 Å². The third-order valence-corrected chi connectivity index (χ3v) is 8.46. The predicted molar refractivity (Wildman–Crippen MR) is 123 cm³/mol. The third kappa shape index (κ3) is 3.75. The van der Waals surface area contributed by atoms with Gasteiger partial charge in [0.2, 0.25) is 5.91 Å². The number of carbonyl (C=O) groups excluding carboxylic acids is 2. The van der Waals surface area contributed by atoms with Gasteiger partial charge in [0, 0.05) is 29.3 Å². The molecule has 33 heavy (non-hydrogen) atoms. The van der Waals surface area contributed by atoms with Gasteiger partial charge in [0.1, 0.15) is 17.9 Å². The van der Waals surface area contributed by atoms with E-state index in [4.69, 9.17) is 9.47 Å². The van der Waals surface area contributed by atoms with Crippen LogP contribution in [-0.4, -0.2) is 66.1 Å². The molecule has 2 amide bonds. The second-order valence-corrected chi connectivity index (χ2v) is 10.6. The number of ether oxygens (including phenoxy) is 2. The number of hydrogen-bond acceptors (Lipinski definition) is 5. The highest BCUT2D eigenvalue weighted by molar-refractivity contribution is 6.01. The lowest BCUT2D eigenvalue weighted by atomic mass is 9.76.